The Morgan fingerprint density at radius 3 is 2.88 bits per heavy atom. The van der Waals surface area contributed by atoms with Gasteiger partial charge in [0.15, 0.2) is 0 Å². The van der Waals surface area contributed by atoms with Gasteiger partial charge in [0.2, 0.25) is 0 Å². The molecule has 1 aromatic carbocycles. The zero-order chi connectivity index (χ0) is 11.8. The molecule has 3 heteroatoms. The first-order valence-electron chi connectivity index (χ1n) is 5.69. The van der Waals surface area contributed by atoms with Crippen LogP contribution in [-0.2, 0) is 0 Å². The number of hydrogen-bond acceptors (Lipinski definition) is 2. The molecule has 0 aliphatic carbocycles. The fraction of sp³-hybridized carbons (Fsp3) is 0.143. The van der Waals surface area contributed by atoms with Crippen molar-refractivity contribution in [3.63, 3.8) is 0 Å². The maximum atomic E-state index is 6.08. The second-order valence-electron chi connectivity index (χ2n) is 4.15. The number of benzene rings is 1. The van der Waals surface area contributed by atoms with E-state index in [-0.39, 0.29) is 6.17 Å². The quantitative estimate of drug-likeness (QED) is 0.727. The van der Waals surface area contributed by atoms with Crippen molar-refractivity contribution in [2.24, 2.45) is 5.73 Å². The molecule has 2 heterocycles. The van der Waals surface area contributed by atoms with Crippen molar-refractivity contribution in [2.75, 3.05) is 0 Å². The van der Waals surface area contributed by atoms with Crippen molar-refractivity contribution in [3.05, 3.63) is 49.3 Å². The number of pyridine rings is 1. The first kappa shape index (κ1) is 10.3. The molecule has 3 rings (SSSR count). The van der Waals surface area contributed by atoms with Crippen LogP contribution < -0.4 is 5.73 Å². The maximum Gasteiger partial charge on any atom is 0.0844 e. The van der Waals surface area contributed by atoms with Crippen LogP contribution in [0.25, 0.3) is 21.7 Å². The second kappa shape index (κ2) is 3.86. The molecule has 2 aromatic heterocycles. The molecule has 1 unspecified atom stereocenters. The van der Waals surface area contributed by atoms with Gasteiger partial charge < -0.3 is 10.3 Å². The van der Waals surface area contributed by atoms with Crippen molar-refractivity contribution in [1.82, 2.24) is 9.55 Å². The second-order valence-corrected chi connectivity index (χ2v) is 4.15. The molecule has 17 heavy (non-hydrogen) atoms. The third kappa shape index (κ3) is 1.51. The molecule has 0 saturated heterocycles. The Hall–Kier alpha value is -1.87. The minimum atomic E-state index is -0.0988. The Morgan fingerprint density at radius 1 is 1.24 bits per heavy atom. The van der Waals surface area contributed by atoms with Crippen molar-refractivity contribution >= 4 is 21.7 Å². The monoisotopic (exact) mass is 224 g/mol. The van der Waals surface area contributed by atoms with Gasteiger partial charge in [0.25, 0.3) is 0 Å². The van der Waals surface area contributed by atoms with Crippen molar-refractivity contribution in [2.45, 2.75) is 13.1 Å². The molecule has 1 radical (unpaired) electrons. The van der Waals surface area contributed by atoms with Crippen LogP contribution in [0, 0.1) is 6.42 Å². The largest absolute Gasteiger partial charge is 0.331 e. The number of aromatic nitrogens is 2. The molecule has 0 aliphatic heterocycles. The highest BCUT2D eigenvalue weighted by Crippen LogP contribution is 2.27. The maximum absolute atomic E-state index is 6.08. The van der Waals surface area contributed by atoms with E-state index < -0.39 is 0 Å². The van der Waals surface area contributed by atoms with Crippen LogP contribution in [0.2, 0.25) is 0 Å². The molecule has 0 saturated carbocycles. The normalized spacial score (nSPS) is 13.3. The topological polar surface area (TPSA) is 43.8 Å². The molecule has 0 fully saturated rings. The van der Waals surface area contributed by atoms with E-state index in [4.69, 9.17) is 5.73 Å². The lowest BCUT2D eigenvalue weighted by atomic mass is 10.1. The first-order chi connectivity index (χ1) is 8.31. The fourth-order valence-corrected chi connectivity index (χ4v) is 2.23. The zero-order valence-electron chi connectivity index (χ0n) is 9.67. The van der Waals surface area contributed by atoms with Gasteiger partial charge in [-0.25, -0.2) is 0 Å². The number of hydrogen-bond donors (Lipinski definition) is 1. The van der Waals surface area contributed by atoms with Crippen LogP contribution in [0.3, 0.4) is 0 Å². The Bertz CT molecular complexity index is 669. The Morgan fingerprint density at radius 2 is 2.06 bits per heavy atom. The zero-order valence-corrected chi connectivity index (χ0v) is 9.67. The van der Waals surface area contributed by atoms with Crippen molar-refractivity contribution in [1.29, 1.82) is 0 Å². The summed E-state index contributed by atoms with van der Waals surface area (Å²) in [5, 5.41) is 3.53. The highest BCUT2D eigenvalue weighted by atomic mass is 15.1. The smallest absolute Gasteiger partial charge is 0.0844 e. The van der Waals surface area contributed by atoms with Gasteiger partial charge in [-0.05, 0) is 23.9 Å². The van der Waals surface area contributed by atoms with Crippen LogP contribution in [0.15, 0.2) is 42.9 Å². The number of rotatable bonds is 2. The number of fused-ring (bicyclic) bond motifs is 3. The standard InChI is InChI=1S/C14H14N3/c1-2-13(15)17-8-6-11-4-3-10-5-7-16-9-12(10)14(11)17/h2-9,13H,15H2,1H3. The van der Waals surface area contributed by atoms with E-state index in [1.165, 1.54) is 10.8 Å². The van der Waals surface area contributed by atoms with E-state index in [1.54, 1.807) is 0 Å². The molecule has 1 atom stereocenters. The average molecular weight is 224 g/mol. The lowest BCUT2D eigenvalue weighted by Gasteiger charge is -2.13. The summed E-state index contributed by atoms with van der Waals surface area (Å²) >= 11 is 0. The molecule has 0 spiro atoms. The van der Waals surface area contributed by atoms with Gasteiger partial charge in [0.1, 0.15) is 0 Å². The van der Waals surface area contributed by atoms with E-state index in [9.17, 15) is 0 Å². The van der Waals surface area contributed by atoms with Crippen LogP contribution in [0.5, 0.6) is 0 Å². The van der Waals surface area contributed by atoms with Gasteiger partial charge in [-0.15, -0.1) is 0 Å². The fourth-order valence-electron chi connectivity index (χ4n) is 2.23. The number of nitrogens with zero attached hydrogens (tertiary/aromatic N) is 2. The summed E-state index contributed by atoms with van der Waals surface area (Å²) in [4.78, 5) is 4.20. The van der Waals surface area contributed by atoms with Crippen molar-refractivity contribution < 1.29 is 0 Å². The molecular weight excluding hydrogens is 210 g/mol. The molecule has 3 nitrogen and oxygen atoms in total. The highest BCUT2D eigenvalue weighted by Gasteiger charge is 2.09. The van der Waals surface area contributed by atoms with Crippen LogP contribution in [-0.4, -0.2) is 9.55 Å². The lowest BCUT2D eigenvalue weighted by Crippen LogP contribution is -2.16. The molecule has 2 N–H and O–H groups in total. The minimum absolute atomic E-state index is 0.0988. The van der Waals surface area contributed by atoms with Gasteiger partial charge in [0.05, 0.1) is 11.7 Å². The third-order valence-corrected chi connectivity index (χ3v) is 3.16. The van der Waals surface area contributed by atoms with E-state index in [0.29, 0.717) is 0 Å². The molecular formula is C14H14N3. The SMILES string of the molecule is C[CH]C(N)n1ccc2ccc3ccncc3c21. The average Bonchev–Trinajstić information content (AvgIpc) is 2.82. The predicted molar refractivity (Wildman–Crippen MR) is 70.4 cm³/mol. The van der Waals surface area contributed by atoms with Gasteiger partial charge in [0, 0.05) is 29.4 Å². The van der Waals surface area contributed by atoms with E-state index in [2.05, 4.69) is 27.8 Å². The lowest BCUT2D eigenvalue weighted by molar-refractivity contribution is 0.614. The van der Waals surface area contributed by atoms with Crippen molar-refractivity contribution in [3.8, 4) is 0 Å². The van der Waals surface area contributed by atoms with E-state index in [1.807, 2.05) is 38.0 Å². The Kier molecular flexibility index (Phi) is 2.34. The van der Waals surface area contributed by atoms with E-state index >= 15 is 0 Å². The molecule has 0 bridgehead atoms. The Labute approximate surface area is 99.9 Å². The van der Waals surface area contributed by atoms with Crippen LogP contribution >= 0.6 is 0 Å². The highest BCUT2D eigenvalue weighted by molar-refractivity contribution is 6.05. The van der Waals surface area contributed by atoms with Crippen LogP contribution in [0.1, 0.15) is 13.1 Å². The summed E-state index contributed by atoms with van der Waals surface area (Å²) in [6.07, 6.45) is 7.62. The predicted octanol–water partition coefficient (Wildman–Crippen LogP) is 2.87. The Balaban J connectivity index is 2.42. The summed E-state index contributed by atoms with van der Waals surface area (Å²) in [5.41, 5.74) is 7.24. The minimum Gasteiger partial charge on any atom is -0.331 e. The summed E-state index contributed by atoms with van der Waals surface area (Å²) in [6, 6.07) is 8.35. The molecule has 3 aromatic rings. The number of nitrogens with two attached hydrogens (primary N) is 1. The van der Waals surface area contributed by atoms with Gasteiger partial charge in [-0.3, -0.25) is 4.98 Å². The first-order valence-corrected chi connectivity index (χ1v) is 5.69. The molecule has 0 amide bonds. The van der Waals surface area contributed by atoms with Gasteiger partial charge in [-0.1, -0.05) is 19.1 Å². The summed E-state index contributed by atoms with van der Waals surface area (Å²) in [6.45, 7) is 1.97. The molecule has 0 aliphatic rings. The van der Waals surface area contributed by atoms with Gasteiger partial charge >= 0.3 is 0 Å². The van der Waals surface area contributed by atoms with E-state index in [0.717, 1.165) is 10.9 Å². The summed E-state index contributed by atoms with van der Waals surface area (Å²) in [5.74, 6) is 0. The summed E-state index contributed by atoms with van der Waals surface area (Å²) in [7, 11) is 0. The third-order valence-electron chi connectivity index (χ3n) is 3.16. The van der Waals surface area contributed by atoms with Gasteiger partial charge in [-0.2, -0.15) is 0 Å². The molecule has 85 valence electrons. The van der Waals surface area contributed by atoms with Crippen LogP contribution in [0.4, 0.5) is 0 Å². The summed E-state index contributed by atoms with van der Waals surface area (Å²) < 4.78 is 2.08.